The van der Waals surface area contributed by atoms with Gasteiger partial charge in [0.15, 0.2) is 0 Å². The van der Waals surface area contributed by atoms with E-state index < -0.39 is 17.5 Å². The van der Waals surface area contributed by atoms with E-state index in [4.69, 9.17) is 0 Å². The second-order valence-corrected chi connectivity index (χ2v) is 5.26. The van der Waals surface area contributed by atoms with Crippen LogP contribution in [0.15, 0.2) is 36.4 Å². The van der Waals surface area contributed by atoms with Crippen LogP contribution in [0, 0.1) is 17.5 Å². The van der Waals surface area contributed by atoms with Gasteiger partial charge in [0.2, 0.25) is 0 Å². The Bertz CT molecular complexity index is 730. The van der Waals surface area contributed by atoms with Crippen molar-refractivity contribution in [2.45, 2.75) is 20.4 Å². The van der Waals surface area contributed by atoms with Crippen molar-refractivity contribution in [2.24, 2.45) is 0 Å². The lowest BCUT2D eigenvalue weighted by molar-refractivity contribution is 0.0946. The summed E-state index contributed by atoms with van der Waals surface area (Å²) < 4.78 is 40.8. The SMILES string of the molecule is CCN(CC)c1ccc(CNC(=O)c2cc(F)ccc2F)cc1F. The summed E-state index contributed by atoms with van der Waals surface area (Å²) in [6, 6.07) is 7.33. The van der Waals surface area contributed by atoms with Crippen molar-refractivity contribution < 1.29 is 18.0 Å². The zero-order valence-electron chi connectivity index (χ0n) is 13.6. The lowest BCUT2D eigenvalue weighted by Crippen LogP contribution is -2.25. The maximum absolute atomic E-state index is 14.2. The highest BCUT2D eigenvalue weighted by Gasteiger charge is 2.13. The van der Waals surface area contributed by atoms with Crippen LogP contribution in [0.2, 0.25) is 0 Å². The Labute approximate surface area is 139 Å². The van der Waals surface area contributed by atoms with Crippen molar-refractivity contribution >= 4 is 11.6 Å². The number of hydrogen-bond donors (Lipinski definition) is 1. The summed E-state index contributed by atoms with van der Waals surface area (Å²) in [4.78, 5) is 13.8. The van der Waals surface area contributed by atoms with Crippen LogP contribution < -0.4 is 10.2 Å². The lowest BCUT2D eigenvalue weighted by Gasteiger charge is -2.22. The van der Waals surface area contributed by atoms with Crippen LogP contribution in [-0.2, 0) is 6.54 Å². The van der Waals surface area contributed by atoms with Gasteiger partial charge in [0.1, 0.15) is 17.5 Å². The molecule has 1 N–H and O–H groups in total. The molecule has 0 saturated carbocycles. The number of amides is 1. The van der Waals surface area contributed by atoms with Crippen LogP contribution in [0.25, 0.3) is 0 Å². The van der Waals surface area contributed by atoms with E-state index in [2.05, 4.69) is 5.32 Å². The van der Waals surface area contributed by atoms with Crippen LogP contribution >= 0.6 is 0 Å². The molecule has 0 radical (unpaired) electrons. The molecule has 2 aromatic carbocycles. The Balaban J connectivity index is 2.08. The third-order valence-corrected chi connectivity index (χ3v) is 3.74. The van der Waals surface area contributed by atoms with Gasteiger partial charge in [-0.3, -0.25) is 4.79 Å². The highest BCUT2D eigenvalue weighted by atomic mass is 19.1. The molecule has 0 aliphatic heterocycles. The summed E-state index contributed by atoms with van der Waals surface area (Å²) in [6.45, 7) is 5.25. The number of benzene rings is 2. The monoisotopic (exact) mass is 336 g/mol. The Morgan fingerprint density at radius 1 is 1.00 bits per heavy atom. The quantitative estimate of drug-likeness (QED) is 0.868. The standard InChI is InChI=1S/C18H19F3N2O/c1-3-23(4-2)17-8-5-12(9-16(17)21)11-22-18(24)14-10-13(19)6-7-15(14)20/h5-10H,3-4,11H2,1-2H3,(H,22,24). The van der Waals surface area contributed by atoms with E-state index in [1.807, 2.05) is 18.7 Å². The zero-order chi connectivity index (χ0) is 17.7. The average molecular weight is 336 g/mol. The second-order valence-electron chi connectivity index (χ2n) is 5.26. The molecule has 0 saturated heterocycles. The van der Waals surface area contributed by atoms with Crippen molar-refractivity contribution in [1.29, 1.82) is 0 Å². The van der Waals surface area contributed by atoms with E-state index in [0.29, 0.717) is 24.3 Å². The Morgan fingerprint density at radius 3 is 2.33 bits per heavy atom. The van der Waals surface area contributed by atoms with Gasteiger partial charge < -0.3 is 10.2 Å². The minimum atomic E-state index is -0.808. The summed E-state index contributed by atoms with van der Waals surface area (Å²) in [6.07, 6.45) is 0. The first kappa shape index (κ1) is 17.8. The predicted molar refractivity (Wildman–Crippen MR) is 87.5 cm³/mol. The van der Waals surface area contributed by atoms with Crippen molar-refractivity contribution in [1.82, 2.24) is 5.32 Å². The number of halogens is 3. The smallest absolute Gasteiger partial charge is 0.254 e. The second kappa shape index (κ2) is 7.86. The molecule has 0 bridgehead atoms. The van der Waals surface area contributed by atoms with E-state index in [1.165, 1.54) is 6.07 Å². The van der Waals surface area contributed by atoms with Gasteiger partial charge >= 0.3 is 0 Å². The molecule has 0 unspecified atom stereocenters. The van der Waals surface area contributed by atoms with Crippen LogP contribution in [0.4, 0.5) is 18.9 Å². The molecule has 0 fully saturated rings. The number of nitrogens with zero attached hydrogens (tertiary/aromatic N) is 1. The number of hydrogen-bond acceptors (Lipinski definition) is 2. The van der Waals surface area contributed by atoms with Crippen molar-refractivity contribution in [2.75, 3.05) is 18.0 Å². The molecule has 0 aliphatic carbocycles. The first-order chi connectivity index (χ1) is 11.5. The molecule has 3 nitrogen and oxygen atoms in total. The number of nitrogens with one attached hydrogen (secondary N) is 1. The Kier molecular flexibility index (Phi) is 5.84. The molecule has 2 rings (SSSR count). The Morgan fingerprint density at radius 2 is 1.71 bits per heavy atom. The summed E-state index contributed by atoms with van der Waals surface area (Å²) >= 11 is 0. The maximum atomic E-state index is 14.2. The first-order valence-corrected chi connectivity index (χ1v) is 7.72. The van der Waals surface area contributed by atoms with Gasteiger partial charge in [0.25, 0.3) is 5.91 Å². The van der Waals surface area contributed by atoms with Crippen LogP contribution in [0.1, 0.15) is 29.8 Å². The van der Waals surface area contributed by atoms with Gasteiger partial charge in [-0.1, -0.05) is 6.07 Å². The van der Waals surface area contributed by atoms with Crippen LogP contribution in [0.5, 0.6) is 0 Å². The van der Waals surface area contributed by atoms with Crippen molar-refractivity contribution in [3.05, 3.63) is 65.0 Å². The van der Waals surface area contributed by atoms with Gasteiger partial charge in [0, 0.05) is 19.6 Å². The van der Waals surface area contributed by atoms with Gasteiger partial charge in [-0.25, -0.2) is 13.2 Å². The van der Waals surface area contributed by atoms with Gasteiger partial charge in [-0.2, -0.15) is 0 Å². The van der Waals surface area contributed by atoms with Crippen molar-refractivity contribution in [3.63, 3.8) is 0 Å². The highest BCUT2D eigenvalue weighted by molar-refractivity contribution is 5.94. The van der Waals surface area contributed by atoms with E-state index in [-0.39, 0.29) is 17.9 Å². The normalized spacial score (nSPS) is 10.5. The minimum absolute atomic E-state index is 0.0181. The van der Waals surface area contributed by atoms with Crippen LogP contribution in [0.3, 0.4) is 0 Å². The molecule has 0 spiro atoms. The fourth-order valence-electron chi connectivity index (χ4n) is 2.43. The fourth-order valence-corrected chi connectivity index (χ4v) is 2.43. The summed E-state index contributed by atoms with van der Waals surface area (Å²) in [5.41, 5.74) is 0.648. The average Bonchev–Trinajstić information content (AvgIpc) is 2.57. The summed E-state index contributed by atoms with van der Waals surface area (Å²) in [5, 5.41) is 2.46. The maximum Gasteiger partial charge on any atom is 0.254 e. The molecule has 6 heteroatoms. The first-order valence-electron chi connectivity index (χ1n) is 7.72. The number of rotatable bonds is 6. The molecule has 1 amide bonds. The predicted octanol–water partition coefficient (Wildman–Crippen LogP) is 3.88. The molecule has 0 heterocycles. The Hall–Kier alpha value is -2.50. The van der Waals surface area contributed by atoms with E-state index >= 15 is 0 Å². The molecule has 0 atom stereocenters. The molecule has 0 aromatic heterocycles. The molecule has 0 aliphatic rings. The lowest BCUT2D eigenvalue weighted by atomic mass is 10.1. The third kappa shape index (κ3) is 4.07. The van der Waals surface area contributed by atoms with E-state index in [9.17, 15) is 18.0 Å². The van der Waals surface area contributed by atoms with Gasteiger partial charge in [-0.15, -0.1) is 0 Å². The van der Waals surface area contributed by atoms with Crippen molar-refractivity contribution in [3.8, 4) is 0 Å². The molecule has 24 heavy (non-hydrogen) atoms. The summed E-state index contributed by atoms with van der Waals surface area (Å²) in [7, 11) is 0. The fraction of sp³-hybridized carbons (Fsp3) is 0.278. The van der Waals surface area contributed by atoms with Gasteiger partial charge in [-0.05, 0) is 49.7 Å². The molecular formula is C18H19F3N2O. The number of carbonyl (C=O) groups is 1. The molecule has 2 aromatic rings. The third-order valence-electron chi connectivity index (χ3n) is 3.74. The zero-order valence-corrected chi connectivity index (χ0v) is 13.6. The number of carbonyl (C=O) groups excluding carboxylic acids is 1. The molecule has 128 valence electrons. The van der Waals surface area contributed by atoms with E-state index in [1.54, 1.807) is 12.1 Å². The highest BCUT2D eigenvalue weighted by Crippen LogP contribution is 2.20. The minimum Gasteiger partial charge on any atom is -0.370 e. The molecular weight excluding hydrogens is 317 g/mol. The summed E-state index contributed by atoms with van der Waals surface area (Å²) in [5.74, 6) is -2.64. The van der Waals surface area contributed by atoms with Gasteiger partial charge in [0.05, 0.1) is 11.3 Å². The van der Waals surface area contributed by atoms with Crippen LogP contribution in [-0.4, -0.2) is 19.0 Å². The topological polar surface area (TPSA) is 32.3 Å². The largest absolute Gasteiger partial charge is 0.370 e. The van der Waals surface area contributed by atoms with E-state index in [0.717, 1.165) is 18.2 Å². The number of anilines is 1.